The molecule has 0 aliphatic carbocycles. The van der Waals surface area contributed by atoms with E-state index in [1.54, 1.807) is 0 Å². The molecule has 28 valence electrons. The van der Waals surface area contributed by atoms with Crippen LogP contribution in [0.4, 0.5) is 0 Å². The Morgan fingerprint density at radius 3 is 1.20 bits per heavy atom. The quantitative estimate of drug-likeness (QED) is 0.234. The molecule has 0 heterocycles. The fraction of sp³-hybridized carbons (Fsp3) is 0.667. The van der Waals surface area contributed by atoms with Crippen LogP contribution in [-0.4, -0.2) is 23.1 Å². The van der Waals surface area contributed by atoms with Crippen LogP contribution in [0.25, 0.3) is 0 Å². The van der Waals surface area contributed by atoms with Crippen LogP contribution in [0.3, 0.4) is 0 Å². The summed E-state index contributed by atoms with van der Waals surface area (Å²) in [6.45, 7) is 4.00. The molecule has 0 aromatic carbocycles. The molecular weight excluding hydrogens is 187 g/mol. The van der Waals surface area contributed by atoms with Crippen LogP contribution >= 0.6 is 0 Å². The average Bonchev–Trinajstić information content (AvgIpc) is 0.918. The van der Waals surface area contributed by atoms with Crippen molar-refractivity contribution in [2.45, 2.75) is 13.8 Å². The fourth-order valence-electron chi connectivity index (χ4n) is 0. The van der Waals surface area contributed by atoms with E-state index in [0.717, 1.165) is 0 Å². The molecule has 0 saturated heterocycles. The summed E-state index contributed by atoms with van der Waals surface area (Å²) >= 11 is 0. The predicted octanol–water partition coefficient (Wildman–Crippen LogP) is -2.15. The number of halogens is 1. The number of hydrogen-bond donors (Lipinski definition) is 0. The van der Waals surface area contributed by atoms with E-state index in [0.29, 0.717) is 0 Å². The van der Waals surface area contributed by atoms with Crippen LogP contribution in [0.15, 0.2) is 0 Å². The van der Waals surface area contributed by atoms with E-state index >= 15 is 0 Å². The Hall–Kier alpha value is 1.50. The third-order valence-corrected chi connectivity index (χ3v) is 0. The zero-order chi connectivity index (χ0) is 2.71. The molecule has 5 heavy (non-hydrogen) atoms. The summed E-state index contributed by atoms with van der Waals surface area (Å²) in [5, 5.41) is 0. The number of rotatable bonds is 0. The van der Waals surface area contributed by atoms with Gasteiger partial charge in [-0.1, -0.05) is 0 Å². The van der Waals surface area contributed by atoms with E-state index in [-0.39, 0.29) is 47.0 Å². The maximum absolute atomic E-state index is 2.00. The first-order valence-electron chi connectivity index (χ1n) is 1.15. The molecule has 0 aromatic rings. The molecule has 0 amide bonds. The van der Waals surface area contributed by atoms with Gasteiger partial charge in [0.2, 0.25) is 0 Å². The van der Waals surface area contributed by atoms with Gasteiger partial charge < -0.3 is 30.4 Å². The Balaban J connectivity index is -0.0000000200. The van der Waals surface area contributed by atoms with Gasteiger partial charge in [-0.25, -0.2) is 0 Å². The molecule has 0 fully saturated rings. The molecule has 0 atom stereocenters. The van der Waals surface area contributed by atoms with Crippen LogP contribution in [0.2, 0.25) is 0 Å². The molecule has 0 unspecified atom stereocenters. The summed E-state index contributed by atoms with van der Waals surface area (Å²) in [7, 11) is 0. The monoisotopic (exact) mass is 194 g/mol. The van der Waals surface area contributed by atoms with Gasteiger partial charge in [-0.05, 0) is 0 Å². The maximum Gasteiger partial charge on any atom is 2.00 e. The van der Waals surface area contributed by atoms with Crippen molar-refractivity contribution in [3.05, 3.63) is 6.42 Å². The zero-order valence-corrected chi connectivity index (χ0v) is 7.23. The molecule has 0 aliphatic rings. The molecular formula is C3H7IMg. The minimum Gasteiger partial charge on any atom is -1.00 e. The third kappa shape index (κ3) is 30.0. The Morgan fingerprint density at radius 2 is 1.20 bits per heavy atom. The van der Waals surface area contributed by atoms with Crippen LogP contribution in [-0.2, 0) is 0 Å². The average molecular weight is 194 g/mol. The second-order valence-corrected chi connectivity index (χ2v) is 0.577. The second-order valence-electron chi connectivity index (χ2n) is 0.577. The van der Waals surface area contributed by atoms with E-state index in [9.17, 15) is 0 Å². The molecule has 0 rings (SSSR count). The van der Waals surface area contributed by atoms with Gasteiger partial charge in [0, 0.05) is 0 Å². The third-order valence-electron chi connectivity index (χ3n) is 0. The van der Waals surface area contributed by atoms with Crippen LogP contribution < -0.4 is 24.0 Å². The maximum atomic E-state index is 2.00. The predicted molar refractivity (Wildman–Crippen MR) is 21.4 cm³/mol. The Kier molecular flexibility index (Phi) is 57.3. The molecule has 0 bridgehead atoms. The summed E-state index contributed by atoms with van der Waals surface area (Å²) in [5.41, 5.74) is 0. The molecule has 0 nitrogen and oxygen atoms in total. The Bertz CT molecular complexity index is 6.85. The van der Waals surface area contributed by atoms with Crippen molar-refractivity contribution in [1.82, 2.24) is 0 Å². The van der Waals surface area contributed by atoms with Crippen molar-refractivity contribution in [1.29, 1.82) is 0 Å². The topological polar surface area (TPSA) is 0 Å². The first-order valence-corrected chi connectivity index (χ1v) is 1.15. The van der Waals surface area contributed by atoms with Crippen LogP contribution in [0.5, 0.6) is 0 Å². The van der Waals surface area contributed by atoms with Gasteiger partial charge in [-0.15, -0.1) is 0 Å². The van der Waals surface area contributed by atoms with E-state index < -0.39 is 0 Å². The van der Waals surface area contributed by atoms with Crippen molar-refractivity contribution in [2.75, 3.05) is 0 Å². The molecule has 0 aromatic heterocycles. The van der Waals surface area contributed by atoms with Crippen molar-refractivity contribution in [3.63, 3.8) is 0 Å². The van der Waals surface area contributed by atoms with E-state index in [4.69, 9.17) is 0 Å². The molecule has 2 heteroatoms. The fourth-order valence-corrected chi connectivity index (χ4v) is 0. The minimum absolute atomic E-state index is 0. The normalized spacial score (nSPS) is 3.60. The molecule has 0 aliphatic heterocycles. The van der Waals surface area contributed by atoms with Crippen LogP contribution in [0, 0.1) is 6.42 Å². The van der Waals surface area contributed by atoms with Crippen molar-refractivity contribution in [3.8, 4) is 0 Å². The van der Waals surface area contributed by atoms with Gasteiger partial charge in [-0.2, -0.15) is 13.8 Å². The smallest absolute Gasteiger partial charge is 1.00 e. The van der Waals surface area contributed by atoms with Gasteiger partial charge in [-0.3, -0.25) is 0 Å². The first kappa shape index (κ1) is 16.1. The largest absolute Gasteiger partial charge is 2.00 e. The molecule has 0 spiro atoms. The Labute approximate surface area is 66.9 Å². The van der Waals surface area contributed by atoms with Gasteiger partial charge >= 0.3 is 23.1 Å². The summed E-state index contributed by atoms with van der Waals surface area (Å²) in [4.78, 5) is 0. The van der Waals surface area contributed by atoms with E-state index in [2.05, 4.69) is 0 Å². The standard InChI is InChI=1S/C3H7.HI.Mg/c1-3-2;;/h3H,1-2H3;1H;/q-1;;+2/p-1. The SMILES string of the molecule is C[CH-]C.[I-].[Mg+2]. The van der Waals surface area contributed by atoms with Gasteiger partial charge in [0.15, 0.2) is 0 Å². The van der Waals surface area contributed by atoms with E-state index in [1.807, 2.05) is 20.3 Å². The Morgan fingerprint density at radius 1 is 1.20 bits per heavy atom. The van der Waals surface area contributed by atoms with Gasteiger partial charge in [0.05, 0.1) is 0 Å². The van der Waals surface area contributed by atoms with E-state index in [1.165, 1.54) is 0 Å². The zero-order valence-electron chi connectivity index (χ0n) is 3.66. The molecule has 0 N–H and O–H groups in total. The molecule has 0 radical (unpaired) electrons. The summed E-state index contributed by atoms with van der Waals surface area (Å²) in [6.07, 6.45) is 2.00. The first-order chi connectivity index (χ1) is 1.41. The van der Waals surface area contributed by atoms with Gasteiger partial charge in [0.1, 0.15) is 0 Å². The van der Waals surface area contributed by atoms with Crippen molar-refractivity contribution >= 4 is 23.1 Å². The second kappa shape index (κ2) is 17.8. The van der Waals surface area contributed by atoms with Crippen LogP contribution in [0.1, 0.15) is 13.8 Å². The molecule has 0 saturated carbocycles. The summed E-state index contributed by atoms with van der Waals surface area (Å²) in [6, 6.07) is 0. The summed E-state index contributed by atoms with van der Waals surface area (Å²) in [5.74, 6) is 0. The van der Waals surface area contributed by atoms with Crippen molar-refractivity contribution < 1.29 is 24.0 Å². The van der Waals surface area contributed by atoms with Crippen molar-refractivity contribution in [2.24, 2.45) is 0 Å². The number of hydrogen-bond acceptors (Lipinski definition) is 0. The summed E-state index contributed by atoms with van der Waals surface area (Å²) < 4.78 is 0. The van der Waals surface area contributed by atoms with Gasteiger partial charge in [0.25, 0.3) is 0 Å². The minimum atomic E-state index is 0.